The van der Waals surface area contributed by atoms with E-state index in [4.69, 9.17) is 4.84 Å². The quantitative estimate of drug-likeness (QED) is 0.710. The lowest BCUT2D eigenvalue weighted by Gasteiger charge is -1.96. The molecule has 0 saturated carbocycles. The maximum absolute atomic E-state index is 11.7. The second kappa shape index (κ2) is 4.57. The second-order valence-electron chi connectivity index (χ2n) is 3.48. The van der Waals surface area contributed by atoms with E-state index in [9.17, 15) is 4.79 Å². The fourth-order valence-corrected chi connectivity index (χ4v) is 1.27. The molecule has 0 aliphatic rings. The van der Waals surface area contributed by atoms with Crippen LogP contribution in [0.15, 0.2) is 54.9 Å². The molecule has 2 rings (SSSR count). The summed E-state index contributed by atoms with van der Waals surface area (Å²) in [6.07, 6.45) is 3.41. The molecule has 0 saturated heterocycles. The van der Waals surface area contributed by atoms with Gasteiger partial charge >= 0.3 is 5.97 Å². The third-order valence-corrected chi connectivity index (χ3v) is 2.17. The Morgan fingerprint density at radius 1 is 1.06 bits per heavy atom. The molecule has 0 aliphatic carbocycles. The standard InChI is InChI=1S/C13H12NO2/c1-11-7-9-14(10-8-11)16-13(15)12-5-3-2-4-6-12/h2-10H,1H3/q+1. The summed E-state index contributed by atoms with van der Waals surface area (Å²) in [5.41, 5.74) is 1.66. The first-order valence-electron chi connectivity index (χ1n) is 5.01. The minimum Gasteiger partial charge on any atom is -0.239 e. The molecule has 0 fully saturated rings. The summed E-state index contributed by atoms with van der Waals surface area (Å²) in [4.78, 5) is 16.8. The van der Waals surface area contributed by atoms with Gasteiger partial charge in [0.15, 0.2) is 0 Å². The topological polar surface area (TPSA) is 30.2 Å². The minimum atomic E-state index is -0.366. The highest BCUT2D eigenvalue weighted by Crippen LogP contribution is 1.98. The maximum atomic E-state index is 11.7. The second-order valence-corrected chi connectivity index (χ2v) is 3.48. The van der Waals surface area contributed by atoms with Crippen LogP contribution in [0.3, 0.4) is 0 Å². The molecule has 0 spiro atoms. The van der Waals surface area contributed by atoms with Gasteiger partial charge in [0, 0.05) is 16.9 Å². The maximum Gasteiger partial charge on any atom is 0.411 e. The lowest BCUT2D eigenvalue weighted by atomic mass is 10.2. The number of pyridine rings is 1. The third kappa shape index (κ3) is 2.45. The van der Waals surface area contributed by atoms with E-state index < -0.39 is 0 Å². The molecule has 1 aromatic heterocycles. The Bertz CT molecular complexity index is 477. The molecule has 1 aromatic carbocycles. The summed E-state index contributed by atoms with van der Waals surface area (Å²) >= 11 is 0. The summed E-state index contributed by atoms with van der Waals surface area (Å²) < 4.78 is 1.39. The molecule has 3 heteroatoms. The Balaban J connectivity index is 2.11. The molecule has 3 nitrogen and oxygen atoms in total. The van der Waals surface area contributed by atoms with Crippen LogP contribution in [0.1, 0.15) is 15.9 Å². The Labute approximate surface area is 93.9 Å². The van der Waals surface area contributed by atoms with Gasteiger partial charge in [-0.05, 0) is 24.6 Å². The Kier molecular flexibility index (Phi) is 2.96. The molecular formula is C13H12NO2+. The lowest BCUT2D eigenvalue weighted by molar-refractivity contribution is -0.868. The van der Waals surface area contributed by atoms with Crippen molar-refractivity contribution in [3.63, 3.8) is 0 Å². The first-order chi connectivity index (χ1) is 7.75. The van der Waals surface area contributed by atoms with Gasteiger partial charge in [0.1, 0.15) is 0 Å². The molecule has 0 radical (unpaired) electrons. The summed E-state index contributed by atoms with van der Waals surface area (Å²) in [6.45, 7) is 1.98. The summed E-state index contributed by atoms with van der Waals surface area (Å²) in [5, 5.41) is 0. The van der Waals surface area contributed by atoms with Crippen LogP contribution in [-0.2, 0) is 0 Å². The number of carbonyl (C=O) groups excluding carboxylic acids is 1. The fourth-order valence-electron chi connectivity index (χ4n) is 1.27. The molecule has 0 amide bonds. The van der Waals surface area contributed by atoms with Crippen molar-refractivity contribution in [3.05, 3.63) is 66.0 Å². The van der Waals surface area contributed by atoms with Gasteiger partial charge in [0.2, 0.25) is 12.4 Å². The van der Waals surface area contributed by atoms with Gasteiger partial charge in [-0.15, -0.1) is 0 Å². The molecule has 2 aromatic rings. The number of nitrogens with zero attached hydrogens (tertiary/aromatic N) is 1. The first kappa shape index (κ1) is 10.4. The van der Waals surface area contributed by atoms with Crippen LogP contribution < -0.4 is 9.57 Å². The first-order valence-corrected chi connectivity index (χ1v) is 5.01. The Morgan fingerprint density at radius 2 is 1.69 bits per heavy atom. The highest BCUT2D eigenvalue weighted by Gasteiger charge is 2.12. The SMILES string of the molecule is Cc1cc[n+](OC(=O)c2ccccc2)cc1. The molecule has 0 bridgehead atoms. The lowest BCUT2D eigenvalue weighted by Crippen LogP contribution is -2.45. The average Bonchev–Trinajstić information content (AvgIpc) is 2.33. The number of aromatic nitrogens is 1. The normalized spacial score (nSPS) is 9.81. The molecule has 0 N–H and O–H groups in total. The van der Waals surface area contributed by atoms with Gasteiger partial charge in [-0.3, -0.25) is 0 Å². The minimum absolute atomic E-state index is 0.366. The zero-order valence-corrected chi connectivity index (χ0v) is 8.96. The number of hydrogen-bond donors (Lipinski definition) is 0. The van der Waals surface area contributed by atoms with E-state index in [-0.39, 0.29) is 5.97 Å². The predicted molar refractivity (Wildman–Crippen MR) is 58.7 cm³/mol. The highest BCUT2D eigenvalue weighted by atomic mass is 16.7. The van der Waals surface area contributed by atoms with E-state index in [1.807, 2.05) is 25.1 Å². The van der Waals surface area contributed by atoms with E-state index in [0.29, 0.717) is 5.56 Å². The van der Waals surface area contributed by atoms with Gasteiger partial charge < -0.3 is 0 Å². The van der Waals surface area contributed by atoms with Crippen LogP contribution in [0.4, 0.5) is 0 Å². The average molecular weight is 214 g/mol. The number of benzene rings is 1. The van der Waals surface area contributed by atoms with Crippen molar-refractivity contribution < 1.29 is 14.4 Å². The Morgan fingerprint density at radius 3 is 2.31 bits per heavy atom. The van der Waals surface area contributed by atoms with Crippen LogP contribution in [0.5, 0.6) is 0 Å². The van der Waals surface area contributed by atoms with Gasteiger partial charge in [-0.2, -0.15) is 4.84 Å². The van der Waals surface area contributed by atoms with Gasteiger partial charge in [-0.1, -0.05) is 18.2 Å². The van der Waals surface area contributed by atoms with E-state index in [2.05, 4.69) is 0 Å². The summed E-state index contributed by atoms with van der Waals surface area (Å²) in [7, 11) is 0. The van der Waals surface area contributed by atoms with Crippen LogP contribution in [0.2, 0.25) is 0 Å². The van der Waals surface area contributed by atoms with Gasteiger partial charge in [0.25, 0.3) is 0 Å². The summed E-state index contributed by atoms with van der Waals surface area (Å²) in [5.74, 6) is -0.366. The van der Waals surface area contributed by atoms with Crippen LogP contribution in [0.25, 0.3) is 0 Å². The molecule has 80 valence electrons. The third-order valence-electron chi connectivity index (χ3n) is 2.17. The van der Waals surface area contributed by atoms with E-state index >= 15 is 0 Å². The van der Waals surface area contributed by atoms with Crippen LogP contribution in [0, 0.1) is 6.92 Å². The molecular weight excluding hydrogens is 202 g/mol. The van der Waals surface area contributed by atoms with Crippen molar-refractivity contribution in [2.24, 2.45) is 0 Å². The van der Waals surface area contributed by atoms with Crippen LogP contribution >= 0.6 is 0 Å². The number of hydrogen-bond acceptors (Lipinski definition) is 2. The van der Waals surface area contributed by atoms with Gasteiger partial charge in [-0.25, -0.2) is 4.79 Å². The molecule has 0 aliphatic heterocycles. The van der Waals surface area contributed by atoms with Crippen molar-refractivity contribution in [1.29, 1.82) is 0 Å². The van der Waals surface area contributed by atoms with Crippen molar-refractivity contribution in [2.75, 3.05) is 0 Å². The van der Waals surface area contributed by atoms with E-state index in [1.165, 1.54) is 4.73 Å². The molecule has 16 heavy (non-hydrogen) atoms. The Hall–Kier alpha value is -2.16. The number of carbonyl (C=O) groups is 1. The monoisotopic (exact) mass is 214 g/mol. The largest absolute Gasteiger partial charge is 0.411 e. The van der Waals surface area contributed by atoms with Crippen molar-refractivity contribution >= 4 is 5.97 Å². The zero-order valence-electron chi connectivity index (χ0n) is 8.96. The smallest absolute Gasteiger partial charge is 0.239 e. The molecule has 1 heterocycles. The fraction of sp³-hybridized carbons (Fsp3) is 0.0769. The molecule has 0 unspecified atom stereocenters. The zero-order chi connectivity index (χ0) is 11.4. The van der Waals surface area contributed by atoms with Crippen molar-refractivity contribution in [3.8, 4) is 0 Å². The highest BCUT2D eigenvalue weighted by molar-refractivity contribution is 5.88. The number of aryl methyl sites for hydroxylation is 1. The van der Waals surface area contributed by atoms with E-state index in [1.54, 1.807) is 36.7 Å². The van der Waals surface area contributed by atoms with Crippen molar-refractivity contribution in [2.45, 2.75) is 6.92 Å². The molecule has 0 atom stereocenters. The van der Waals surface area contributed by atoms with Gasteiger partial charge in [0.05, 0.1) is 5.56 Å². The van der Waals surface area contributed by atoms with Crippen molar-refractivity contribution in [1.82, 2.24) is 0 Å². The predicted octanol–water partition coefficient (Wildman–Crippen LogP) is 1.55. The summed E-state index contributed by atoms with van der Waals surface area (Å²) in [6, 6.07) is 12.6. The van der Waals surface area contributed by atoms with Crippen LogP contribution in [-0.4, -0.2) is 5.97 Å². The van der Waals surface area contributed by atoms with E-state index in [0.717, 1.165) is 5.56 Å². The number of rotatable bonds is 2.